The topological polar surface area (TPSA) is 89.9 Å². The molecule has 1 saturated heterocycles. The van der Waals surface area contributed by atoms with Crippen molar-refractivity contribution in [3.63, 3.8) is 0 Å². The Balaban J connectivity index is 1.41. The van der Waals surface area contributed by atoms with Crippen LogP contribution in [0.15, 0.2) is 22.3 Å². The first kappa shape index (κ1) is 15.9. The van der Waals surface area contributed by atoms with Crippen molar-refractivity contribution in [3.8, 4) is 10.6 Å². The van der Waals surface area contributed by atoms with Gasteiger partial charge in [0.1, 0.15) is 10.7 Å². The molecule has 0 aromatic carbocycles. The number of aryl methyl sites for hydroxylation is 2. The number of hydrogen-bond acceptors (Lipinski definition) is 7. The molecule has 3 aromatic rings. The maximum absolute atomic E-state index is 12.7. The third-order valence-electron chi connectivity index (χ3n) is 4.35. The summed E-state index contributed by atoms with van der Waals surface area (Å²) in [6.07, 6.45) is 5.30. The zero-order valence-electron chi connectivity index (χ0n) is 14.0. The number of likely N-dealkylation sites (tertiary alicyclic amines) is 1. The molecule has 25 heavy (non-hydrogen) atoms. The number of rotatable bonds is 3. The first-order valence-electron chi connectivity index (χ1n) is 8.14. The van der Waals surface area contributed by atoms with Crippen molar-refractivity contribution in [2.24, 2.45) is 7.05 Å². The molecule has 1 amide bonds. The maximum Gasteiger partial charge on any atom is 0.273 e. The minimum atomic E-state index is -0.0217. The minimum absolute atomic E-state index is 0.0217. The van der Waals surface area contributed by atoms with Gasteiger partial charge >= 0.3 is 0 Å². The lowest BCUT2D eigenvalue weighted by molar-refractivity contribution is 0.0699. The van der Waals surface area contributed by atoms with Gasteiger partial charge in [0, 0.05) is 43.2 Å². The number of piperidine rings is 1. The largest absolute Gasteiger partial charge is 0.339 e. The van der Waals surface area contributed by atoms with Crippen LogP contribution in [0.5, 0.6) is 0 Å². The van der Waals surface area contributed by atoms with Gasteiger partial charge in [-0.15, -0.1) is 11.3 Å². The number of hydrogen-bond donors (Lipinski definition) is 0. The highest BCUT2D eigenvalue weighted by molar-refractivity contribution is 7.13. The van der Waals surface area contributed by atoms with Gasteiger partial charge in [0.2, 0.25) is 5.89 Å². The van der Waals surface area contributed by atoms with Crippen LogP contribution in [0.3, 0.4) is 0 Å². The normalized spacial score (nSPS) is 15.7. The smallest absolute Gasteiger partial charge is 0.273 e. The molecule has 130 valence electrons. The van der Waals surface area contributed by atoms with Crippen molar-refractivity contribution in [1.82, 2.24) is 29.8 Å². The average Bonchev–Trinajstić information content (AvgIpc) is 3.35. The molecular formula is C16H18N6O2S. The van der Waals surface area contributed by atoms with E-state index in [0.29, 0.717) is 30.5 Å². The van der Waals surface area contributed by atoms with Crippen LogP contribution in [0.25, 0.3) is 10.6 Å². The van der Waals surface area contributed by atoms with Crippen molar-refractivity contribution < 1.29 is 9.32 Å². The summed E-state index contributed by atoms with van der Waals surface area (Å²) >= 11 is 1.46. The Morgan fingerprint density at radius 2 is 2.12 bits per heavy atom. The Hall–Kier alpha value is -2.55. The number of amides is 1. The van der Waals surface area contributed by atoms with Crippen LogP contribution in [0.4, 0.5) is 0 Å². The molecule has 1 fully saturated rings. The maximum atomic E-state index is 12.7. The van der Waals surface area contributed by atoms with Gasteiger partial charge in [0.25, 0.3) is 5.91 Å². The van der Waals surface area contributed by atoms with Gasteiger partial charge in [-0.3, -0.25) is 9.48 Å². The molecule has 0 spiro atoms. The lowest BCUT2D eigenvalue weighted by Crippen LogP contribution is -2.38. The van der Waals surface area contributed by atoms with E-state index in [-0.39, 0.29) is 11.8 Å². The SMILES string of the molecule is Cc1noc(C2CCN(C(=O)c3csc(-c4cnn(C)c4)n3)CC2)n1. The fourth-order valence-electron chi connectivity index (χ4n) is 3.01. The van der Waals surface area contributed by atoms with E-state index in [1.54, 1.807) is 10.9 Å². The van der Waals surface area contributed by atoms with Crippen LogP contribution in [0.1, 0.15) is 41.0 Å². The summed E-state index contributed by atoms with van der Waals surface area (Å²) in [4.78, 5) is 23.3. The second-order valence-corrected chi connectivity index (χ2v) is 7.04. The van der Waals surface area contributed by atoms with Gasteiger partial charge in [-0.05, 0) is 19.8 Å². The fraction of sp³-hybridized carbons (Fsp3) is 0.438. The van der Waals surface area contributed by atoms with Gasteiger partial charge in [-0.2, -0.15) is 10.1 Å². The molecule has 0 radical (unpaired) electrons. The molecular weight excluding hydrogens is 340 g/mol. The van der Waals surface area contributed by atoms with Crippen LogP contribution in [-0.4, -0.2) is 48.8 Å². The summed E-state index contributed by atoms with van der Waals surface area (Å²) in [5.41, 5.74) is 1.42. The standard InChI is InChI=1S/C16H18N6O2S/c1-10-18-14(24-20-10)11-3-5-22(6-4-11)16(23)13-9-25-15(19-13)12-7-17-21(2)8-12/h7-9,11H,3-6H2,1-2H3. The Morgan fingerprint density at radius 1 is 1.32 bits per heavy atom. The molecule has 4 heterocycles. The van der Waals surface area contributed by atoms with Crippen molar-refractivity contribution in [3.05, 3.63) is 35.2 Å². The van der Waals surface area contributed by atoms with Gasteiger partial charge in [-0.25, -0.2) is 4.98 Å². The molecule has 0 unspecified atom stereocenters. The Morgan fingerprint density at radius 3 is 2.76 bits per heavy atom. The van der Waals surface area contributed by atoms with E-state index < -0.39 is 0 Å². The molecule has 3 aromatic heterocycles. The first-order chi connectivity index (χ1) is 12.1. The van der Waals surface area contributed by atoms with Crippen LogP contribution in [0, 0.1) is 6.92 Å². The second-order valence-electron chi connectivity index (χ2n) is 6.19. The molecule has 4 rings (SSSR count). The van der Waals surface area contributed by atoms with E-state index in [4.69, 9.17) is 4.52 Å². The first-order valence-corrected chi connectivity index (χ1v) is 9.02. The summed E-state index contributed by atoms with van der Waals surface area (Å²) in [5, 5.41) is 10.6. The third-order valence-corrected chi connectivity index (χ3v) is 5.24. The molecule has 0 N–H and O–H groups in total. The molecule has 9 heteroatoms. The molecule has 0 aliphatic carbocycles. The van der Waals surface area contributed by atoms with E-state index in [1.807, 2.05) is 30.4 Å². The highest BCUT2D eigenvalue weighted by Crippen LogP contribution is 2.28. The summed E-state index contributed by atoms with van der Waals surface area (Å²) in [7, 11) is 1.86. The molecule has 1 aliphatic rings. The van der Waals surface area contributed by atoms with Gasteiger partial charge in [-0.1, -0.05) is 5.16 Å². The van der Waals surface area contributed by atoms with Crippen LogP contribution >= 0.6 is 11.3 Å². The number of carbonyl (C=O) groups is 1. The quantitative estimate of drug-likeness (QED) is 0.713. The predicted molar refractivity (Wildman–Crippen MR) is 91.2 cm³/mol. The molecule has 0 saturated carbocycles. The predicted octanol–water partition coefficient (Wildman–Crippen LogP) is 2.25. The number of carbonyl (C=O) groups excluding carboxylic acids is 1. The lowest BCUT2D eigenvalue weighted by Gasteiger charge is -2.29. The van der Waals surface area contributed by atoms with E-state index in [1.165, 1.54) is 11.3 Å². The summed E-state index contributed by atoms with van der Waals surface area (Å²) in [5.74, 6) is 1.54. The highest BCUT2D eigenvalue weighted by atomic mass is 32.1. The average molecular weight is 358 g/mol. The minimum Gasteiger partial charge on any atom is -0.339 e. The zero-order valence-corrected chi connectivity index (χ0v) is 14.9. The molecule has 8 nitrogen and oxygen atoms in total. The highest BCUT2D eigenvalue weighted by Gasteiger charge is 2.28. The monoisotopic (exact) mass is 358 g/mol. The van der Waals surface area contributed by atoms with Crippen molar-refractivity contribution in [2.75, 3.05) is 13.1 Å². The Bertz CT molecular complexity index is 890. The molecule has 0 atom stereocenters. The van der Waals surface area contributed by atoms with Crippen molar-refractivity contribution in [2.45, 2.75) is 25.7 Å². The van der Waals surface area contributed by atoms with Gasteiger partial charge in [0.05, 0.1) is 6.20 Å². The number of aromatic nitrogens is 5. The van der Waals surface area contributed by atoms with Crippen molar-refractivity contribution in [1.29, 1.82) is 0 Å². The Labute approximate surface area is 148 Å². The zero-order chi connectivity index (χ0) is 17.4. The van der Waals surface area contributed by atoms with E-state index in [2.05, 4.69) is 20.2 Å². The summed E-state index contributed by atoms with van der Waals surface area (Å²) in [6.45, 7) is 3.16. The van der Waals surface area contributed by atoms with Crippen LogP contribution in [0.2, 0.25) is 0 Å². The third kappa shape index (κ3) is 3.19. The molecule has 1 aliphatic heterocycles. The van der Waals surface area contributed by atoms with E-state index >= 15 is 0 Å². The van der Waals surface area contributed by atoms with E-state index in [9.17, 15) is 4.79 Å². The van der Waals surface area contributed by atoms with Crippen LogP contribution in [-0.2, 0) is 7.05 Å². The fourth-order valence-corrected chi connectivity index (χ4v) is 3.78. The molecule has 0 bridgehead atoms. The summed E-state index contributed by atoms with van der Waals surface area (Å²) in [6, 6.07) is 0. The lowest BCUT2D eigenvalue weighted by atomic mass is 9.96. The number of nitrogens with zero attached hydrogens (tertiary/aromatic N) is 6. The van der Waals surface area contributed by atoms with Crippen molar-refractivity contribution >= 4 is 17.2 Å². The van der Waals surface area contributed by atoms with Gasteiger partial charge in [0.15, 0.2) is 5.82 Å². The van der Waals surface area contributed by atoms with Crippen LogP contribution < -0.4 is 0 Å². The second kappa shape index (κ2) is 6.40. The van der Waals surface area contributed by atoms with E-state index in [0.717, 1.165) is 23.4 Å². The van der Waals surface area contributed by atoms with Gasteiger partial charge < -0.3 is 9.42 Å². The number of thiazole rings is 1. The Kier molecular flexibility index (Phi) is 4.08. The summed E-state index contributed by atoms with van der Waals surface area (Å²) < 4.78 is 6.98.